The summed E-state index contributed by atoms with van der Waals surface area (Å²) in [6.45, 7) is 1.73. The lowest BCUT2D eigenvalue weighted by atomic mass is 9.74. The Balaban J connectivity index is 2.23. The molecule has 1 aromatic carbocycles. The minimum Gasteiger partial charge on any atom is -0.508 e. The van der Waals surface area contributed by atoms with E-state index in [1.165, 1.54) is 6.26 Å². The predicted octanol–water partition coefficient (Wildman–Crippen LogP) is 2.20. The fourth-order valence-corrected chi connectivity index (χ4v) is 4.26. The Labute approximate surface area is 120 Å². The summed E-state index contributed by atoms with van der Waals surface area (Å²) in [5.41, 5.74) is -0.355. The van der Waals surface area contributed by atoms with Gasteiger partial charge in [-0.2, -0.15) is 0 Å². The smallest absolute Gasteiger partial charge is 0.150 e. The van der Waals surface area contributed by atoms with E-state index in [4.69, 9.17) is 0 Å². The molecule has 2 N–H and O–H groups in total. The van der Waals surface area contributed by atoms with Crippen molar-refractivity contribution >= 4 is 9.84 Å². The van der Waals surface area contributed by atoms with Crippen molar-refractivity contribution < 1.29 is 18.6 Å². The molecule has 0 heterocycles. The molecule has 0 aliphatic heterocycles. The molecule has 5 heteroatoms. The second-order valence-corrected chi connectivity index (χ2v) is 8.34. The van der Waals surface area contributed by atoms with Crippen LogP contribution in [0.1, 0.15) is 38.2 Å². The first-order chi connectivity index (χ1) is 9.21. The van der Waals surface area contributed by atoms with Gasteiger partial charge in [0, 0.05) is 6.26 Å². The lowest BCUT2D eigenvalue weighted by molar-refractivity contribution is -0.0208. The number of phenols is 1. The first-order valence-electron chi connectivity index (χ1n) is 6.92. The van der Waals surface area contributed by atoms with Gasteiger partial charge in [-0.05, 0) is 49.8 Å². The summed E-state index contributed by atoms with van der Waals surface area (Å²) in [6, 6.07) is 6.47. The molecule has 20 heavy (non-hydrogen) atoms. The minimum atomic E-state index is -3.06. The van der Waals surface area contributed by atoms with Crippen molar-refractivity contribution in [3.8, 4) is 5.75 Å². The van der Waals surface area contributed by atoms with E-state index in [-0.39, 0.29) is 16.9 Å². The second-order valence-electron chi connectivity index (χ2n) is 6.01. The number of benzene rings is 1. The standard InChI is InChI=1S/C15H22O4S/c1-15(17,11-6-8-13(16)9-7-11)12-4-3-5-14(10-12)20(2,18)19/h6-9,12,14,16-17H,3-5,10H2,1-2H3. The Morgan fingerprint density at radius 3 is 2.35 bits per heavy atom. The van der Waals surface area contributed by atoms with Gasteiger partial charge in [-0.3, -0.25) is 0 Å². The molecule has 4 nitrogen and oxygen atoms in total. The Hall–Kier alpha value is -1.07. The highest BCUT2D eigenvalue weighted by molar-refractivity contribution is 7.91. The highest BCUT2D eigenvalue weighted by Gasteiger charge is 2.39. The lowest BCUT2D eigenvalue weighted by Crippen LogP contribution is -2.38. The number of aromatic hydroxyl groups is 1. The molecule has 1 aromatic rings. The van der Waals surface area contributed by atoms with E-state index in [1.54, 1.807) is 31.2 Å². The van der Waals surface area contributed by atoms with Crippen LogP contribution in [0.3, 0.4) is 0 Å². The van der Waals surface area contributed by atoms with Crippen LogP contribution in [0.15, 0.2) is 24.3 Å². The molecule has 1 saturated carbocycles. The number of aliphatic hydroxyl groups is 1. The maximum absolute atomic E-state index is 11.7. The SMILES string of the molecule is CC(O)(c1ccc(O)cc1)C1CCCC(S(C)(=O)=O)C1. The zero-order valence-corrected chi connectivity index (χ0v) is 12.7. The fourth-order valence-electron chi connectivity index (χ4n) is 3.08. The Morgan fingerprint density at radius 1 is 1.20 bits per heavy atom. The monoisotopic (exact) mass is 298 g/mol. The van der Waals surface area contributed by atoms with Crippen molar-refractivity contribution in [3.05, 3.63) is 29.8 Å². The van der Waals surface area contributed by atoms with Crippen LogP contribution in [-0.4, -0.2) is 30.1 Å². The van der Waals surface area contributed by atoms with Crippen molar-refractivity contribution in [1.82, 2.24) is 0 Å². The molecule has 0 radical (unpaired) electrons. The molecule has 2 rings (SSSR count). The molecule has 0 aromatic heterocycles. The zero-order chi connectivity index (χ0) is 15.0. The number of hydrogen-bond acceptors (Lipinski definition) is 4. The molecule has 0 amide bonds. The zero-order valence-electron chi connectivity index (χ0n) is 11.9. The van der Waals surface area contributed by atoms with E-state index in [0.717, 1.165) is 18.4 Å². The summed E-state index contributed by atoms with van der Waals surface area (Å²) in [7, 11) is -3.06. The van der Waals surface area contributed by atoms with E-state index < -0.39 is 15.4 Å². The molecule has 0 spiro atoms. The van der Waals surface area contributed by atoms with Gasteiger partial charge in [0.2, 0.25) is 0 Å². The fraction of sp³-hybridized carbons (Fsp3) is 0.600. The Bertz CT molecular complexity index is 560. The van der Waals surface area contributed by atoms with Gasteiger partial charge in [-0.25, -0.2) is 8.42 Å². The maximum atomic E-state index is 11.7. The molecule has 0 bridgehead atoms. The van der Waals surface area contributed by atoms with E-state index >= 15 is 0 Å². The topological polar surface area (TPSA) is 74.6 Å². The van der Waals surface area contributed by atoms with Crippen LogP contribution in [-0.2, 0) is 15.4 Å². The van der Waals surface area contributed by atoms with E-state index in [2.05, 4.69) is 0 Å². The highest BCUT2D eigenvalue weighted by Crippen LogP contribution is 2.40. The van der Waals surface area contributed by atoms with E-state index in [9.17, 15) is 18.6 Å². The number of phenolic OH excluding ortho intramolecular Hbond substituents is 1. The molecule has 0 saturated heterocycles. The summed E-state index contributed by atoms with van der Waals surface area (Å²) in [5.74, 6) is 0.0720. The van der Waals surface area contributed by atoms with Crippen molar-refractivity contribution in [2.75, 3.05) is 6.26 Å². The second kappa shape index (κ2) is 5.37. The third kappa shape index (κ3) is 3.15. The van der Waals surface area contributed by atoms with Crippen LogP contribution in [0.2, 0.25) is 0 Å². The molecule has 112 valence electrons. The normalized spacial score (nSPS) is 26.9. The van der Waals surface area contributed by atoms with Gasteiger partial charge >= 0.3 is 0 Å². The van der Waals surface area contributed by atoms with Gasteiger partial charge < -0.3 is 10.2 Å². The van der Waals surface area contributed by atoms with Crippen molar-refractivity contribution in [2.24, 2.45) is 5.92 Å². The minimum absolute atomic E-state index is 0.0829. The first kappa shape index (κ1) is 15.3. The predicted molar refractivity (Wildman–Crippen MR) is 78.3 cm³/mol. The average Bonchev–Trinajstić information content (AvgIpc) is 2.38. The van der Waals surface area contributed by atoms with E-state index in [0.29, 0.717) is 12.8 Å². The highest BCUT2D eigenvalue weighted by atomic mass is 32.2. The van der Waals surface area contributed by atoms with Crippen LogP contribution in [0.4, 0.5) is 0 Å². The molecule has 1 aliphatic rings. The summed E-state index contributed by atoms with van der Waals surface area (Å²) in [6.07, 6.45) is 4.08. The lowest BCUT2D eigenvalue weighted by Gasteiger charge is -2.38. The summed E-state index contributed by atoms with van der Waals surface area (Å²) in [5, 5.41) is 19.8. The van der Waals surface area contributed by atoms with Crippen molar-refractivity contribution in [3.63, 3.8) is 0 Å². The molecular weight excluding hydrogens is 276 g/mol. The van der Waals surface area contributed by atoms with Gasteiger partial charge in [0.05, 0.1) is 10.9 Å². The molecule has 3 unspecified atom stereocenters. The first-order valence-corrected chi connectivity index (χ1v) is 8.87. The van der Waals surface area contributed by atoms with Gasteiger partial charge in [-0.15, -0.1) is 0 Å². The summed E-state index contributed by atoms with van der Waals surface area (Å²) < 4.78 is 23.5. The molecule has 1 fully saturated rings. The van der Waals surface area contributed by atoms with Crippen LogP contribution in [0.25, 0.3) is 0 Å². The average molecular weight is 298 g/mol. The van der Waals surface area contributed by atoms with Gasteiger partial charge in [0.25, 0.3) is 0 Å². The number of sulfone groups is 1. The van der Waals surface area contributed by atoms with Crippen molar-refractivity contribution in [2.45, 2.75) is 43.5 Å². The van der Waals surface area contributed by atoms with Crippen molar-refractivity contribution in [1.29, 1.82) is 0 Å². The largest absolute Gasteiger partial charge is 0.508 e. The van der Waals surface area contributed by atoms with Gasteiger partial charge in [0.1, 0.15) is 15.6 Å². The molecular formula is C15H22O4S. The Kier molecular flexibility index (Phi) is 4.12. The van der Waals surface area contributed by atoms with Crippen LogP contribution in [0.5, 0.6) is 5.75 Å². The summed E-state index contributed by atoms with van der Waals surface area (Å²) in [4.78, 5) is 0. The molecule has 1 aliphatic carbocycles. The quantitative estimate of drug-likeness (QED) is 0.897. The maximum Gasteiger partial charge on any atom is 0.150 e. The third-order valence-electron chi connectivity index (χ3n) is 4.48. The summed E-state index contributed by atoms with van der Waals surface area (Å²) >= 11 is 0. The Morgan fingerprint density at radius 2 is 1.80 bits per heavy atom. The van der Waals surface area contributed by atoms with Crippen LogP contribution >= 0.6 is 0 Å². The van der Waals surface area contributed by atoms with E-state index in [1.807, 2.05) is 0 Å². The molecule has 3 atom stereocenters. The number of rotatable bonds is 3. The number of hydrogen-bond donors (Lipinski definition) is 2. The van der Waals surface area contributed by atoms with Gasteiger partial charge in [-0.1, -0.05) is 18.6 Å². The van der Waals surface area contributed by atoms with Crippen LogP contribution in [0, 0.1) is 5.92 Å². The third-order valence-corrected chi connectivity index (χ3v) is 6.12. The van der Waals surface area contributed by atoms with Gasteiger partial charge in [0.15, 0.2) is 0 Å². The van der Waals surface area contributed by atoms with Crippen LogP contribution < -0.4 is 0 Å².